The van der Waals surface area contributed by atoms with Crippen molar-refractivity contribution in [2.75, 3.05) is 69.2 Å². The molecule has 2 unspecified atom stereocenters. The summed E-state index contributed by atoms with van der Waals surface area (Å²) in [6.45, 7) is 7.97. The van der Waals surface area contributed by atoms with Crippen LogP contribution >= 0.6 is 0 Å². The maximum atomic E-state index is 14.4. The number of aromatic nitrogens is 7. The molecule has 20 heteroatoms. The van der Waals surface area contributed by atoms with Gasteiger partial charge < -0.3 is 24.6 Å². The zero-order valence-corrected chi connectivity index (χ0v) is 38.3. The summed E-state index contributed by atoms with van der Waals surface area (Å²) in [6.07, 6.45) is 10.2. The molecule has 10 heterocycles. The van der Waals surface area contributed by atoms with Crippen LogP contribution < -0.4 is 21.2 Å². The number of fused-ring (bicyclic) bond motifs is 4. The Morgan fingerprint density at radius 3 is 2.53 bits per heavy atom. The van der Waals surface area contributed by atoms with E-state index < -0.39 is 30.0 Å². The highest BCUT2D eigenvalue weighted by atomic mass is 19.3. The first kappa shape index (κ1) is 43.7. The van der Waals surface area contributed by atoms with E-state index in [1.54, 1.807) is 33.3 Å². The molecule has 0 radical (unpaired) electrons. The number of morpholine rings is 1. The van der Waals surface area contributed by atoms with Crippen LogP contribution in [0.5, 0.6) is 0 Å². The van der Waals surface area contributed by atoms with E-state index in [1.807, 2.05) is 18.2 Å². The molecule has 5 aromatic rings. The fourth-order valence-electron chi connectivity index (χ4n) is 12.9. The number of nitrogens with zero attached hydrogens (tertiary/aromatic N) is 10. The zero-order chi connectivity index (χ0) is 46.4. The minimum absolute atomic E-state index is 0.00490. The van der Waals surface area contributed by atoms with Crippen molar-refractivity contribution in [3.05, 3.63) is 70.2 Å². The molecule has 360 valence electrons. The second kappa shape index (κ2) is 17.1. The van der Waals surface area contributed by atoms with Gasteiger partial charge in [-0.25, -0.2) is 23.1 Å². The highest BCUT2D eigenvalue weighted by Crippen LogP contribution is 2.42. The summed E-state index contributed by atoms with van der Waals surface area (Å²) >= 11 is 0. The molecule has 1 spiro atoms. The van der Waals surface area contributed by atoms with E-state index in [4.69, 9.17) is 14.5 Å². The van der Waals surface area contributed by atoms with Gasteiger partial charge in [-0.15, -0.1) is 0 Å². The number of hydrogen-bond donors (Lipinski definition) is 2. The van der Waals surface area contributed by atoms with E-state index in [2.05, 4.69) is 41.6 Å². The van der Waals surface area contributed by atoms with E-state index in [0.29, 0.717) is 36.4 Å². The number of nitrogens with one attached hydrogen (secondary N) is 2. The monoisotopic (exact) mass is 936 g/mol. The number of benzene rings is 1. The Balaban J connectivity index is 0.607. The Bertz CT molecular complexity index is 2830. The third-order valence-corrected chi connectivity index (χ3v) is 16.2. The first-order valence-corrected chi connectivity index (χ1v) is 24.5. The lowest BCUT2D eigenvalue weighted by Crippen LogP contribution is -2.62. The van der Waals surface area contributed by atoms with Crippen molar-refractivity contribution in [1.82, 2.24) is 48.6 Å². The van der Waals surface area contributed by atoms with Gasteiger partial charge in [-0.2, -0.15) is 10.2 Å². The number of imidazole rings is 1. The lowest BCUT2D eigenvalue weighted by atomic mass is 9.82. The summed E-state index contributed by atoms with van der Waals surface area (Å²) in [7, 11) is 1.78. The standard InChI is InChI=1S/C48H58F2N12O6/c1-56-42-34(3-2-4-37(42)62(47(56)66)38-9-10-40(63)54-46(38)65)30-11-14-57(15-12-30)21-29-18-48(68-24-29)26-58(27-48)20-28-5-7-31(8-6-28)61-23-36(41(55-61)43(49)50)52-45(64)35-19-51-60-16-13-39(53-44(35)60)59-22-33-17-32(59)25-67-33/h2-4,13,16,19,23,28-33,38,43H,5-12,14-15,17-18,20-22,24-27H2,1H3,(H,52,64)(H,54,63,65)/t28-,29?,31-,32-,33-,38?/m1/s1. The fraction of sp³-hybridized carbons (Fsp3) is 0.604. The first-order valence-electron chi connectivity index (χ1n) is 24.5. The average molecular weight is 937 g/mol. The maximum Gasteiger partial charge on any atom is 0.329 e. The number of rotatable bonds is 11. The van der Waals surface area contributed by atoms with Gasteiger partial charge in [0, 0.05) is 58.6 Å². The summed E-state index contributed by atoms with van der Waals surface area (Å²) in [6, 6.07) is 7.40. The molecule has 4 aromatic heterocycles. The minimum Gasteiger partial charge on any atom is -0.374 e. The number of amides is 3. The Morgan fingerprint density at radius 2 is 1.78 bits per heavy atom. The smallest absolute Gasteiger partial charge is 0.329 e. The van der Waals surface area contributed by atoms with Crippen LogP contribution in [-0.4, -0.2) is 138 Å². The molecule has 1 aliphatic carbocycles. The average Bonchev–Trinajstić information content (AvgIpc) is 4.20. The van der Waals surface area contributed by atoms with E-state index in [-0.39, 0.29) is 53.1 Å². The molecule has 7 aliphatic rings. The van der Waals surface area contributed by atoms with Crippen molar-refractivity contribution >= 4 is 45.9 Å². The third-order valence-electron chi connectivity index (χ3n) is 16.2. The van der Waals surface area contributed by atoms with Gasteiger partial charge >= 0.3 is 5.69 Å². The number of alkyl halides is 2. The largest absolute Gasteiger partial charge is 0.374 e. The van der Waals surface area contributed by atoms with Crippen LogP contribution in [0, 0.1) is 11.8 Å². The summed E-state index contributed by atoms with van der Waals surface area (Å²) < 4.78 is 47.4. The molecule has 2 bridgehead atoms. The molecule has 6 aliphatic heterocycles. The molecule has 12 rings (SSSR count). The number of likely N-dealkylation sites (tertiary alicyclic amines) is 2. The maximum absolute atomic E-state index is 14.4. The Morgan fingerprint density at radius 1 is 0.971 bits per heavy atom. The lowest BCUT2D eigenvalue weighted by Gasteiger charge is -2.49. The molecule has 3 amide bonds. The number of aryl methyl sites for hydroxylation is 1. The third kappa shape index (κ3) is 7.80. The summed E-state index contributed by atoms with van der Waals surface area (Å²) in [5, 5.41) is 13.7. The normalized spacial score (nSPS) is 27.9. The number of imide groups is 1. The minimum atomic E-state index is -2.85. The van der Waals surface area contributed by atoms with Crippen LogP contribution in [0.1, 0.15) is 110 Å². The van der Waals surface area contributed by atoms with Crippen molar-refractivity contribution < 1.29 is 32.6 Å². The molecule has 2 N–H and O–H groups in total. The van der Waals surface area contributed by atoms with E-state index in [1.165, 1.54) is 10.7 Å². The lowest BCUT2D eigenvalue weighted by molar-refractivity contribution is -0.135. The molecule has 6 saturated heterocycles. The summed E-state index contributed by atoms with van der Waals surface area (Å²) in [5.74, 6) is 0.743. The second-order valence-corrected chi connectivity index (χ2v) is 20.6. The van der Waals surface area contributed by atoms with Crippen LogP contribution in [0.15, 0.2) is 47.7 Å². The van der Waals surface area contributed by atoms with Crippen molar-refractivity contribution in [3.63, 3.8) is 0 Å². The number of carbonyl (C=O) groups excluding carboxylic acids is 3. The predicted molar refractivity (Wildman–Crippen MR) is 245 cm³/mol. The number of halogens is 2. The van der Waals surface area contributed by atoms with Crippen molar-refractivity contribution in [1.29, 1.82) is 0 Å². The molecule has 1 aromatic carbocycles. The van der Waals surface area contributed by atoms with Crippen LogP contribution in [0.25, 0.3) is 16.7 Å². The molecule has 7 fully saturated rings. The van der Waals surface area contributed by atoms with Gasteiger partial charge in [-0.1, -0.05) is 12.1 Å². The molecule has 1 saturated carbocycles. The first-order chi connectivity index (χ1) is 33.0. The number of hydrogen-bond acceptors (Lipinski definition) is 12. The number of ether oxygens (including phenoxy) is 2. The second-order valence-electron chi connectivity index (χ2n) is 20.6. The van der Waals surface area contributed by atoms with Crippen LogP contribution in [0.2, 0.25) is 0 Å². The Kier molecular flexibility index (Phi) is 11.0. The Hall–Kier alpha value is -5.57. The van der Waals surface area contributed by atoms with E-state index in [9.17, 15) is 28.0 Å². The van der Waals surface area contributed by atoms with Gasteiger partial charge in [0.1, 0.15) is 17.4 Å². The molecule has 4 atom stereocenters. The number of para-hydroxylation sites is 1. The van der Waals surface area contributed by atoms with Crippen LogP contribution in [0.4, 0.5) is 20.3 Å². The van der Waals surface area contributed by atoms with Gasteiger partial charge in [0.25, 0.3) is 12.3 Å². The Labute approximate surface area is 390 Å². The number of carbonyl (C=O) groups is 3. The van der Waals surface area contributed by atoms with Crippen LogP contribution in [-0.2, 0) is 26.1 Å². The summed E-state index contributed by atoms with van der Waals surface area (Å²) in [4.78, 5) is 63.7. The topological polar surface area (TPSA) is 178 Å². The van der Waals surface area contributed by atoms with E-state index in [0.717, 1.165) is 126 Å². The molecular weight excluding hydrogens is 879 g/mol. The van der Waals surface area contributed by atoms with Crippen LogP contribution in [0.3, 0.4) is 0 Å². The number of anilines is 2. The summed E-state index contributed by atoms with van der Waals surface area (Å²) in [5.41, 5.74) is 2.58. The highest BCUT2D eigenvalue weighted by Gasteiger charge is 2.50. The predicted octanol–water partition coefficient (Wildman–Crippen LogP) is 4.43. The van der Waals surface area contributed by atoms with E-state index >= 15 is 0 Å². The van der Waals surface area contributed by atoms with Gasteiger partial charge in [0.05, 0.1) is 59.9 Å². The highest BCUT2D eigenvalue weighted by molar-refractivity contribution is 6.08. The fourth-order valence-corrected chi connectivity index (χ4v) is 12.9. The SMILES string of the molecule is Cn1c(=O)n(C2CCC(=O)NC2=O)c2cccc(C3CCN(CC4COC5(C4)CN(C[C@H]4CC[C@H](n6cc(NC(=O)c7cnn8ccc(N9C[C@H]%10C[C@@H]9CO%10)nc78)c(C(F)F)n6)CC4)C5)CC3)c21. The number of piperidine rings is 2. The molecular formula is C48H58F2N12O6. The quantitative estimate of drug-likeness (QED) is 0.179. The molecule has 68 heavy (non-hydrogen) atoms. The van der Waals surface area contributed by atoms with Crippen molar-refractivity contribution in [3.8, 4) is 0 Å². The zero-order valence-electron chi connectivity index (χ0n) is 38.3. The van der Waals surface area contributed by atoms with Crippen molar-refractivity contribution in [2.24, 2.45) is 18.9 Å². The van der Waals surface area contributed by atoms with Gasteiger partial charge in [0.15, 0.2) is 11.3 Å². The van der Waals surface area contributed by atoms with Gasteiger partial charge in [-0.3, -0.25) is 38.4 Å². The van der Waals surface area contributed by atoms with Crippen molar-refractivity contribution in [2.45, 2.75) is 106 Å². The molecule has 18 nitrogen and oxygen atoms in total. The van der Waals surface area contributed by atoms with Gasteiger partial charge in [-0.05, 0) is 106 Å². The van der Waals surface area contributed by atoms with Gasteiger partial charge in [0.2, 0.25) is 11.8 Å².